The Morgan fingerprint density at radius 2 is 2.16 bits per heavy atom. The van der Waals surface area contributed by atoms with Crippen LogP contribution in [0.1, 0.15) is 6.42 Å². The Morgan fingerprint density at radius 3 is 2.75 bits per heavy atom. The Labute approximate surface area is 193 Å². The van der Waals surface area contributed by atoms with E-state index < -0.39 is 17.6 Å². The molecule has 0 radical (unpaired) electrons. The second-order valence-electron chi connectivity index (χ2n) is 7.46. The Bertz CT molecular complexity index is 1010. The molecule has 32 heavy (non-hydrogen) atoms. The number of alkyl halides is 3. The van der Waals surface area contributed by atoms with Crippen molar-refractivity contribution in [3.05, 3.63) is 41.5 Å². The third-order valence-corrected chi connectivity index (χ3v) is 5.49. The number of aliphatic imine (C=N–C) groups is 1. The zero-order valence-corrected chi connectivity index (χ0v) is 19.0. The molecule has 1 fully saturated rings. The van der Waals surface area contributed by atoms with E-state index in [0.29, 0.717) is 36.3 Å². The molecule has 7 nitrogen and oxygen atoms in total. The third-order valence-electron chi connectivity index (χ3n) is 4.53. The van der Waals surface area contributed by atoms with Gasteiger partial charge in [-0.15, -0.1) is 8.78 Å². The van der Waals surface area contributed by atoms with E-state index in [4.69, 9.17) is 11.6 Å². The largest absolute Gasteiger partial charge is 0.487 e. The van der Waals surface area contributed by atoms with E-state index in [9.17, 15) is 18.7 Å². The summed E-state index contributed by atoms with van der Waals surface area (Å²) in [7, 11) is 5.13. The van der Waals surface area contributed by atoms with Gasteiger partial charge in [-0.25, -0.2) is 0 Å². The number of carbonyl (C=O) groups excluding carboxylic acids is 1. The van der Waals surface area contributed by atoms with Gasteiger partial charge < -0.3 is 15.2 Å². The maximum Gasteiger partial charge on any atom is 0.487 e. The van der Waals surface area contributed by atoms with Crippen LogP contribution in [0.2, 0.25) is 0 Å². The van der Waals surface area contributed by atoms with Gasteiger partial charge in [0.1, 0.15) is 11.9 Å². The minimum Gasteiger partial charge on any atom is -0.420 e. The first kappa shape index (κ1) is 24.3. The molecule has 1 aromatic rings. The monoisotopic (exact) mass is 484 g/mol. The van der Waals surface area contributed by atoms with E-state index in [1.165, 1.54) is 41.4 Å². The van der Waals surface area contributed by atoms with Crippen LogP contribution in [0, 0.1) is 0 Å². The van der Waals surface area contributed by atoms with Crippen LogP contribution in [-0.4, -0.2) is 82.6 Å². The summed E-state index contributed by atoms with van der Waals surface area (Å²) in [5.74, 6) is -0.544. The van der Waals surface area contributed by atoms with Crippen molar-refractivity contribution in [2.45, 2.75) is 24.3 Å². The lowest BCUT2D eigenvalue weighted by molar-refractivity contribution is -0.112. The number of anilines is 1. The predicted molar refractivity (Wildman–Crippen MR) is 125 cm³/mol. The number of halogens is 3. The molecule has 1 saturated heterocycles. The van der Waals surface area contributed by atoms with Gasteiger partial charge in [0.05, 0.1) is 11.7 Å². The van der Waals surface area contributed by atoms with E-state index in [0.717, 1.165) is 0 Å². The summed E-state index contributed by atoms with van der Waals surface area (Å²) in [6, 6.07) is 5.40. The Balaban J connectivity index is 1.78. The van der Waals surface area contributed by atoms with Gasteiger partial charge >= 0.3 is 5.57 Å². The standard InChI is InChI=1S/C21H23ClF2N4O3S/c1-27(2)13-32-12-15-9-14(10-25-19(15)28-8-7-17(29)11-28)20(30)26-16-3-5-18(6-4-16)31-21(22,23)24/h3-6,9-10,13,17,19,29H,7-8,11H2,1-2H3,(H,26,30)/t17?,19-/m0/s1. The predicted octanol–water partition coefficient (Wildman–Crippen LogP) is 2.58. The molecule has 172 valence electrons. The SMILES string of the molecule is CN(C)C=S=C=C1C=C(C(=O)Nc2ccc(OC(F)(F)Cl)cc2)C=N[C@H]1N1CCC(O)C1. The summed E-state index contributed by atoms with van der Waals surface area (Å²) >= 11 is 4.75. The Hall–Kier alpha value is -2.33. The van der Waals surface area contributed by atoms with Gasteiger partial charge in [0.15, 0.2) is 0 Å². The Kier molecular flexibility index (Phi) is 8.00. The number of aliphatic hydroxyl groups excluding tert-OH is 1. The van der Waals surface area contributed by atoms with Crippen LogP contribution in [0.4, 0.5) is 14.5 Å². The summed E-state index contributed by atoms with van der Waals surface area (Å²) in [4.78, 5) is 21.2. The number of likely N-dealkylation sites (tertiary alicyclic amines) is 1. The lowest BCUT2D eigenvalue weighted by Gasteiger charge is -2.26. The van der Waals surface area contributed by atoms with Crippen LogP contribution in [0.25, 0.3) is 0 Å². The topological polar surface area (TPSA) is 77.4 Å². The van der Waals surface area contributed by atoms with E-state index in [1.807, 2.05) is 29.4 Å². The average Bonchev–Trinajstić information content (AvgIpc) is 3.14. The maximum atomic E-state index is 12.7. The first-order valence-electron chi connectivity index (χ1n) is 9.73. The molecule has 2 atom stereocenters. The average molecular weight is 485 g/mol. The van der Waals surface area contributed by atoms with Gasteiger partial charge in [-0.05, 0) is 55.9 Å². The number of nitrogens with one attached hydrogen (secondary N) is 1. The number of β-amino-alcohol motifs (C(OH)–C–C–N with tert-alkyl or cyclic N) is 1. The van der Waals surface area contributed by atoms with E-state index >= 15 is 0 Å². The highest BCUT2D eigenvalue weighted by Gasteiger charge is 2.31. The number of dihydropyridines is 1. The second kappa shape index (κ2) is 10.5. The molecule has 0 spiro atoms. The highest BCUT2D eigenvalue weighted by atomic mass is 35.5. The van der Waals surface area contributed by atoms with Crippen LogP contribution in [0.5, 0.6) is 5.75 Å². The molecule has 0 bridgehead atoms. The van der Waals surface area contributed by atoms with E-state index in [-0.39, 0.29) is 11.9 Å². The minimum atomic E-state index is -3.81. The van der Waals surface area contributed by atoms with Crippen LogP contribution < -0.4 is 10.1 Å². The van der Waals surface area contributed by atoms with Crippen LogP contribution in [-0.2, 0) is 4.79 Å². The first-order valence-corrected chi connectivity index (χ1v) is 11.0. The molecular formula is C21H23ClF2N4O3S. The number of carbonyl (C=O) groups is 1. The number of amides is 1. The molecule has 1 unspecified atom stereocenters. The van der Waals surface area contributed by atoms with Crippen LogP contribution >= 0.6 is 22.5 Å². The molecular weight excluding hydrogens is 462 g/mol. The first-order chi connectivity index (χ1) is 15.1. The number of benzene rings is 1. The molecule has 0 aliphatic carbocycles. The summed E-state index contributed by atoms with van der Waals surface area (Å²) in [6.07, 6.45) is 3.14. The van der Waals surface area contributed by atoms with Gasteiger partial charge in [-0.3, -0.25) is 19.6 Å². The number of aliphatic hydroxyl groups is 1. The highest BCUT2D eigenvalue weighted by molar-refractivity contribution is 7.95. The molecule has 2 aliphatic heterocycles. The van der Waals surface area contributed by atoms with Crippen molar-refractivity contribution in [3.8, 4) is 5.75 Å². The fraction of sp³-hybridized carbons (Fsp3) is 0.381. The molecule has 3 rings (SSSR count). The summed E-state index contributed by atoms with van der Waals surface area (Å²) < 4.78 is 29.7. The fourth-order valence-electron chi connectivity index (χ4n) is 3.14. The normalized spacial score (nSPS) is 21.2. The van der Waals surface area contributed by atoms with Gasteiger partial charge in [0, 0.05) is 47.7 Å². The van der Waals surface area contributed by atoms with Gasteiger partial charge in [0.2, 0.25) is 0 Å². The van der Waals surface area contributed by atoms with Gasteiger partial charge in [0.25, 0.3) is 5.91 Å². The molecule has 0 aromatic heterocycles. The number of hydrogen-bond acceptors (Lipinski definition) is 5. The van der Waals surface area contributed by atoms with Crippen molar-refractivity contribution >= 4 is 50.9 Å². The summed E-state index contributed by atoms with van der Waals surface area (Å²) in [5, 5.41) is 15.8. The number of hydrogen-bond donors (Lipinski definition) is 2. The van der Waals surface area contributed by atoms with Crippen LogP contribution in [0.15, 0.2) is 46.5 Å². The highest BCUT2D eigenvalue weighted by Crippen LogP contribution is 2.26. The number of ether oxygens (including phenoxy) is 1. The molecule has 2 heterocycles. The minimum absolute atomic E-state index is 0.133. The molecule has 11 heteroatoms. The van der Waals surface area contributed by atoms with E-state index in [1.54, 1.807) is 6.08 Å². The maximum absolute atomic E-state index is 12.7. The molecule has 2 aliphatic rings. The van der Waals surface area contributed by atoms with Crippen molar-refractivity contribution in [3.63, 3.8) is 0 Å². The quantitative estimate of drug-likeness (QED) is 0.479. The van der Waals surface area contributed by atoms with E-state index in [2.05, 4.69) is 20.1 Å². The fourth-order valence-corrected chi connectivity index (χ4v) is 3.79. The molecule has 2 N–H and O–H groups in total. The lowest BCUT2D eigenvalue weighted by atomic mass is 10.1. The van der Waals surface area contributed by atoms with Crippen molar-refractivity contribution in [1.82, 2.24) is 9.80 Å². The Morgan fingerprint density at radius 1 is 1.44 bits per heavy atom. The molecule has 1 aromatic carbocycles. The molecule has 0 saturated carbocycles. The van der Waals surface area contributed by atoms with Crippen LogP contribution in [0.3, 0.4) is 0 Å². The zero-order valence-electron chi connectivity index (χ0n) is 17.5. The van der Waals surface area contributed by atoms with Crippen molar-refractivity contribution in [2.24, 2.45) is 4.99 Å². The van der Waals surface area contributed by atoms with Crippen molar-refractivity contribution in [1.29, 1.82) is 0 Å². The molecule has 1 amide bonds. The lowest BCUT2D eigenvalue weighted by Crippen LogP contribution is -2.36. The number of nitrogens with zero attached hydrogens (tertiary/aromatic N) is 3. The second-order valence-corrected chi connectivity index (χ2v) is 8.55. The smallest absolute Gasteiger partial charge is 0.420 e. The van der Waals surface area contributed by atoms with Crippen molar-refractivity contribution in [2.75, 3.05) is 32.5 Å². The summed E-state index contributed by atoms with van der Waals surface area (Å²) in [6.45, 7) is 1.20. The summed E-state index contributed by atoms with van der Waals surface area (Å²) in [5.41, 5.74) is -0.520. The third kappa shape index (κ3) is 7.09. The van der Waals surface area contributed by atoms with Gasteiger partial charge in [-0.1, -0.05) is 10.9 Å². The zero-order chi connectivity index (χ0) is 23.3. The number of rotatable bonds is 6. The van der Waals surface area contributed by atoms with Gasteiger partial charge in [-0.2, -0.15) is 0 Å². The van der Waals surface area contributed by atoms with Crippen molar-refractivity contribution < 1.29 is 23.4 Å².